The second kappa shape index (κ2) is 4.36. The number of aliphatic hydroxyl groups is 1. The third kappa shape index (κ3) is 2.54. The lowest BCUT2D eigenvalue weighted by Gasteiger charge is -2.24. The zero-order valence-electron chi connectivity index (χ0n) is 10.8. The minimum atomic E-state index is -0.592. The van der Waals surface area contributed by atoms with Crippen molar-refractivity contribution in [2.24, 2.45) is 5.92 Å². The van der Waals surface area contributed by atoms with E-state index >= 15 is 0 Å². The molecule has 0 amide bonds. The molecule has 2 nitrogen and oxygen atoms in total. The molecule has 2 heteroatoms. The predicted molar refractivity (Wildman–Crippen MR) is 73.4 cm³/mol. The first-order valence-electron chi connectivity index (χ1n) is 6.69. The summed E-state index contributed by atoms with van der Waals surface area (Å²) in [5.74, 6) is 0.744. The van der Waals surface area contributed by atoms with Crippen molar-refractivity contribution in [3.8, 4) is 0 Å². The van der Waals surface area contributed by atoms with E-state index in [4.69, 9.17) is 0 Å². The molecule has 0 saturated heterocycles. The summed E-state index contributed by atoms with van der Waals surface area (Å²) in [7, 11) is 0. The molecule has 94 valence electrons. The number of para-hydroxylation sites is 1. The minimum Gasteiger partial charge on any atom is -0.390 e. The Morgan fingerprint density at radius 3 is 2.83 bits per heavy atom. The predicted octanol–water partition coefficient (Wildman–Crippen LogP) is 3.33. The molecule has 18 heavy (non-hydrogen) atoms. The van der Waals surface area contributed by atoms with Crippen molar-refractivity contribution in [1.82, 2.24) is 4.98 Å². The minimum absolute atomic E-state index is 0.592. The molecule has 1 aromatic heterocycles. The first kappa shape index (κ1) is 11.7. The number of rotatable bonds is 4. The van der Waals surface area contributed by atoms with Gasteiger partial charge in [0.05, 0.1) is 11.1 Å². The number of hydrogen-bond acceptors (Lipinski definition) is 2. The van der Waals surface area contributed by atoms with E-state index in [1.54, 1.807) is 0 Å². The van der Waals surface area contributed by atoms with Gasteiger partial charge in [0.1, 0.15) is 0 Å². The fraction of sp³-hybridized carbons (Fsp3) is 0.438. The van der Waals surface area contributed by atoms with Crippen LogP contribution in [0.2, 0.25) is 0 Å². The number of fused-ring (bicyclic) bond motifs is 1. The van der Waals surface area contributed by atoms with Crippen LogP contribution in [0.5, 0.6) is 0 Å². The Balaban J connectivity index is 1.89. The summed E-state index contributed by atoms with van der Waals surface area (Å²) >= 11 is 0. The zero-order chi connectivity index (χ0) is 12.6. The van der Waals surface area contributed by atoms with Crippen LogP contribution in [0.15, 0.2) is 36.5 Å². The maximum absolute atomic E-state index is 10.5. The number of nitrogens with zero attached hydrogens (tertiary/aromatic N) is 1. The lowest BCUT2D eigenvalue weighted by molar-refractivity contribution is 0.0458. The van der Waals surface area contributed by atoms with Crippen molar-refractivity contribution in [2.75, 3.05) is 0 Å². The van der Waals surface area contributed by atoms with Gasteiger partial charge in [-0.25, -0.2) is 0 Å². The summed E-state index contributed by atoms with van der Waals surface area (Å²) < 4.78 is 0. The van der Waals surface area contributed by atoms with Crippen LogP contribution < -0.4 is 0 Å². The highest BCUT2D eigenvalue weighted by atomic mass is 16.3. The van der Waals surface area contributed by atoms with Crippen molar-refractivity contribution in [3.63, 3.8) is 0 Å². The van der Waals surface area contributed by atoms with Crippen molar-refractivity contribution in [1.29, 1.82) is 0 Å². The van der Waals surface area contributed by atoms with Crippen molar-refractivity contribution >= 4 is 10.9 Å². The van der Waals surface area contributed by atoms with Crippen LogP contribution in [0.1, 0.15) is 31.7 Å². The second-order valence-corrected chi connectivity index (χ2v) is 5.81. The molecule has 1 saturated carbocycles. The summed E-state index contributed by atoms with van der Waals surface area (Å²) in [5, 5.41) is 11.7. The molecule has 0 bridgehead atoms. The van der Waals surface area contributed by atoms with E-state index in [2.05, 4.69) is 11.1 Å². The van der Waals surface area contributed by atoms with Crippen LogP contribution in [0.4, 0.5) is 0 Å². The lowest BCUT2D eigenvalue weighted by atomic mass is 9.90. The Morgan fingerprint density at radius 2 is 2.06 bits per heavy atom. The van der Waals surface area contributed by atoms with Gasteiger partial charge in [0, 0.05) is 18.0 Å². The van der Waals surface area contributed by atoms with Crippen LogP contribution in [0.3, 0.4) is 0 Å². The molecule has 1 unspecified atom stereocenters. The van der Waals surface area contributed by atoms with Crippen LogP contribution in [-0.4, -0.2) is 15.7 Å². The normalized spacial score (nSPS) is 18.8. The molecule has 1 atom stereocenters. The Bertz CT molecular complexity index is 553. The maximum atomic E-state index is 10.5. The van der Waals surface area contributed by atoms with E-state index in [1.807, 2.05) is 37.4 Å². The van der Waals surface area contributed by atoms with E-state index in [1.165, 1.54) is 18.4 Å². The van der Waals surface area contributed by atoms with Gasteiger partial charge in [0.2, 0.25) is 0 Å². The van der Waals surface area contributed by atoms with Gasteiger partial charge in [0.25, 0.3) is 0 Å². The van der Waals surface area contributed by atoms with Gasteiger partial charge in [-0.3, -0.25) is 4.98 Å². The smallest absolute Gasteiger partial charge is 0.0704 e. The topological polar surface area (TPSA) is 33.1 Å². The van der Waals surface area contributed by atoms with Crippen LogP contribution in [-0.2, 0) is 6.42 Å². The zero-order valence-corrected chi connectivity index (χ0v) is 10.8. The molecule has 0 radical (unpaired) electrons. The number of hydrogen-bond donors (Lipinski definition) is 1. The van der Waals surface area contributed by atoms with E-state index in [9.17, 15) is 5.11 Å². The quantitative estimate of drug-likeness (QED) is 0.890. The van der Waals surface area contributed by atoms with Gasteiger partial charge < -0.3 is 5.11 Å². The summed E-state index contributed by atoms with van der Waals surface area (Å²) in [6.07, 6.45) is 6.04. The Kier molecular flexibility index (Phi) is 2.83. The molecule has 1 fully saturated rings. The first-order valence-corrected chi connectivity index (χ1v) is 6.69. The van der Waals surface area contributed by atoms with Crippen LogP contribution in [0, 0.1) is 5.92 Å². The molecular weight excluding hydrogens is 222 g/mol. The standard InChI is InChI=1S/C16H19NO/c1-16(18,10-12-6-7-12)11-13-8-9-17-15-5-3-2-4-14(13)15/h2-5,8-9,12,18H,6-7,10-11H2,1H3. The molecule has 3 rings (SSSR count). The van der Waals surface area contributed by atoms with E-state index in [0.29, 0.717) is 6.42 Å². The Labute approximate surface area is 108 Å². The first-order chi connectivity index (χ1) is 8.64. The highest BCUT2D eigenvalue weighted by Gasteiger charge is 2.32. The largest absolute Gasteiger partial charge is 0.390 e. The highest BCUT2D eigenvalue weighted by molar-refractivity contribution is 5.81. The monoisotopic (exact) mass is 241 g/mol. The van der Waals surface area contributed by atoms with Crippen molar-refractivity contribution in [3.05, 3.63) is 42.1 Å². The van der Waals surface area contributed by atoms with Crippen LogP contribution >= 0.6 is 0 Å². The molecule has 1 aromatic carbocycles. The van der Waals surface area contributed by atoms with Gasteiger partial charge in [-0.1, -0.05) is 31.0 Å². The molecule has 1 aliphatic carbocycles. The molecular formula is C16H19NO. The van der Waals surface area contributed by atoms with Crippen molar-refractivity contribution in [2.45, 2.75) is 38.2 Å². The van der Waals surface area contributed by atoms with E-state index in [-0.39, 0.29) is 0 Å². The third-order valence-electron chi connectivity index (χ3n) is 3.74. The molecule has 1 N–H and O–H groups in total. The molecule has 1 aliphatic rings. The molecule has 2 aromatic rings. The van der Waals surface area contributed by atoms with Crippen molar-refractivity contribution < 1.29 is 5.11 Å². The van der Waals surface area contributed by atoms with Gasteiger partial charge >= 0.3 is 0 Å². The average molecular weight is 241 g/mol. The number of benzene rings is 1. The van der Waals surface area contributed by atoms with Gasteiger partial charge in [-0.15, -0.1) is 0 Å². The summed E-state index contributed by atoms with van der Waals surface area (Å²) in [6, 6.07) is 10.2. The fourth-order valence-electron chi connectivity index (χ4n) is 2.74. The molecule has 0 spiro atoms. The molecule has 1 heterocycles. The summed E-state index contributed by atoms with van der Waals surface area (Å²) in [4.78, 5) is 4.36. The number of pyridine rings is 1. The Morgan fingerprint density at radius 1 is 1.28 bits per heavy atom. The van der Waals surface area contributed by atoms with Gasteiger partial charge in [0.15, 0.2) is 0 Å². The van der Waals surface area contributed by atoms with E-state index < -0.39 is 5.60 Å². The van der Waals surface area contributed by atoms with Crippen LogP contribution in [0.25, 0.3) is 10.9 Å². The Hall–Kier alpha value is -1.41. The number of aromatic nitrogens is 1. The SMILES string of the molecule is CC(O)(Cc1ccnc2ccccc12)CC1CC1. The highest BCUT2D eigenvalue weighted by Crippen LogP contribution is 2.38. The summed E-state index contributed by atoms with van der Waals surface area (Å²) in [5.41, 5.74) is 1.62. The second-order valence-electron chi connectivity index (χ2n) is 5.81. The summed E-state index contributed by atoms with van der Waals surface area (Å²) in [6.45, 7) is 1.96. The van der Waals surface area contributed by atoms with E-state index in [0.717, 1.165) is 23.2 Å². The third-order valence-corrected chi connectivity index (χ3v) is 3.74. The fourth-order valence-corrected chi connectivity index (χ4v) is 2.74. The maximum Gasteiger partial charge on any atom is 0.0704 e. The lowest BCUT2D eigenvalue weighted by Crippen LogP contribution is -2.27. The van der Waals surface area contributed by atoms with Gasteiger partial charge in [-0.05, 0) is 37.0 Å². The molecule has 0 aliphatic heterocycles. The van der Waals surface area contributed by atoms with Gasteiger partial charge in [-0.2, -0.15) is 0 Å². The average Bonchev–Trinajstić information content (AvgIpc) is 3.12.